The Balaban J connectivity index is 1.38. The van der Waals surface area contributed by atoms with Gasteiger partial charge < -0.3 is 4.90 Å². The molecule has 0 unspecified atom stereocenters. The molecule has 0 saturated carbocycles. The van der Waals surface area contributed by atoms with Crippen LogP contribution in [0.4, 0.5) is 0 Å². The summed E-state index contributed by atoms with van der Waals surface area (Å²) in [4.78, 5) is 14.3. The highest BCUT2D eigenvalue weighted by atomic mass is 79.9. The monoisotopic (exact) mass is 430 g/mol. The van der Waals surface area contributed by atoms with E-state index in [1.54, 1.807) is 11.3 Å². The molecule has 0 N–H and O–H groups in total. The molecule has 0 bridgehead atoms. The van der Waals surface area contributed by atoms with E-state index in [-0.39, 0.29) is 0 Å². The minimum Gasteiger partial charge on any atom is -0.301 e. The van der Waals surface area contributed by atoms with Crippen LogP contribution in [0, 0.1) is 0 Å². The third-order valence-corrected chi connectivity index (χ3v) is 6.84. The van der Waals surface area contributed by atoms with E-state index >= 15 is 0 Å². The quantitative estimate of drug-likeness (QED) is 0.607. The predicted molar refractivity (Wildman–Crippen MR) is 112 cm³/mol. The van der Waals surface area contributed by atoms with Crippen molar-refractivity contribution in [2.45, 2.75) is 19.9 Å². The zero-order valence-corrected chi connectivity index (χ0v) is 17.4. The maximum atomic E-state index is 4.70. The largest absolute Gasteiger partial charge is 0.301 e. The highest BCUT2D eigenvalue weighted by Gasteiger charge is 2.15. The lowest BCUT2D eigenvalue weighted by Gasteiger charge is -2.34. The third-order valence-electron chi connectivity index (χ3n) is 5.02. The van der Waals surface area contributed by atoms with Gasteiger partial charge in [-0.15, -0.1) is 11.3 Å². The molecule has 26 heavy (non-hydrogen) atoms. The van der Waals surface area contributed by atoms with Crippen LogP contribution in [0.25, 0.3) is 10.2 Å². The van der Waals surface area contributed by atoms with Gasteiger partial charge in [0.1, 0.15) is 5.82 Å². The molecular formula is C20H23BrN4S. The fourth-order valence-corrected chi connectivity index (χ4v) is 4.82. The first-order valence-electron chi connectivity index (χ1n) is 9.12. The van der Waals surface area contributed by atoms with Gasteiger partial charge >= 0.3 is 0 Å². The van der Waals surface area contributed by atoms with E-state index in [4.69, 9.17) is 4.98 Å². The number of nitrogens with zero attached hydrogens (tertiary/aromatic N) is 4. The lowest BCUT2D eigenvalue weighted by Crippen LogP contribution is -2.45. The van der Waals surface area contributed by atoms with E-state index in [0.717, 1.165) is 33.5 Å². The Hall–Kier alpha value is -1.34. The molecule has 0 spiro atoms. The first-order chi connectivity index (χ1) is 12.7. The van der Waals surface area contributed by atoms with Crippen molar-refractivity contribution in [1.29, 1.82) is 0 Å². The van der Waals surface area contributed by atoms with Crippen LogP contribution in [0.3, 0.4) is 0 Å². The zero-order chi connectivity index (χ0) is 17.9. The predicted octanol–water partition coefficient (Wildman–Crippen LogP) is 4.18. The van der Waals surface area contributed by atoms with E-state index in [2.05, 4.69) is 67.3 Å². The lowest BCUT2D eigenvalue weighted by atomic mass is 10.1. The number of benzene rings is 1. The number of likely N-dealkylation sites (N-methyl/N-ethyl adjacent to an activating group) is 1. The van der Waals surface area contributed by atoms with Crippen molar-refractivity contribution in [2.24, 2.45) is 0 Å². The molecule has 0 radical (unpaired) electrons. The molecule has 3 aromatic rings. The van der Waals surface area contributed by atoms with Gasteiger partial charge in [0.2, 0.25) is 0 Å². The number of thiophene rings is 1. The summed E-state index contributed by atoms with van der Waals surface area (Å²) in [5.74, 6) is 0.875. The van der Waals surface area contributed by atoms with Gasteiger partial charge in [-0.1, -0.05) is 31.2 Å². The summed E-state index contributed by atoms with van der Waals surface area (Å²) in [5.41, 5.74) is 3.66. The smallest absolute Gasteiger partial charge is 0.133 e. The van der Waals surface area contributed by atoms with E-state index in [1.807, 2.05) is 6.20 Å². The second kappa shape index (κ2) is 8.13. The second-order valence-corrected chi connectivity index (χ2v) is 8.55. The van der Waals surface area contributed by atoms with Crippen molar-refractivity contribution in [2.75, 3.05) is 32.7 Å². The van der Waals surface area contributed by atoms with Gasteiger partial charge in [-0.25, -0.2) is 9.97 Å². The third kappa shape index (κ3) is 4.14. The maximum Gasteiger partial charge on any atom is 0.133 e. The highest BCUT2D eigenvalue weighted by Crippen LogP contribution is 2.28. The fourth-order valence-electron chi connectivity index (χ4n) is 3.39. The summed E-state index contributed by atoms with van der Waals surface area (Å²) in [6.45, 7) is 9.16. The zero-order valence-electron chi connectivity index (χ0n) is 15.0. The second-order valence-electron chi connectivity index (χ2n) is 6.79. The number of piperazine rings is 1. The number of hydrogen-bond acceptors (Lipinski definition) is 5. The minimum absolute atomic E-state index is 0.772. The molecule has 2 aromatic heterocycles. The minimum atomic E-state index is 0.772. The number of halogens is 1. The molecule has 6 heteroatoms. The van der Waals surface area contributed by atoms with Crippen molar-refractivity contribution >= 4 is 37.5 Å². The molecule has 1 fully saturated rings. The molecule has 1 aromatic carbocycles. The van der Waals surface area contributed by atoms with Crippen molar-refractivity contribution in [1.82, 2.24) is 19.8 Å². The molecular weight excluding hydrogens is 408 g/mol. The lowest BCUT2D eigenvalue weighted by molar-refractivity contribution is 0.132. The maximum absolute atomic E-state index is 4.70. The van der Waals surface area contributed by atoms with Crippen LogP contribution >= 0.6 is 27.3 Å². The first-order valence-corrected chi connectivity index (χ1v) is 10.8. The van der Waals surface area contributed by atoms with Crippen LogP contribution in [0.5, 0.6) is 0 Å². The summed E-state index contributed by atoms with van der Waals surface area (Å²) < 4.78 is 2.18. The topological polar surface area (TPSA) is 32.3 Å². The Kier molecular flexibility index (Phi) is 5.64. The molecule has 4 nitrogen and oxygen atoms in total. The summed E-state index contributed by atoms with van der Waals surface area (Å²) in [5, 5.41) is 2.07. The van der Waals surface area contributed by atoms with E-state index < -0.39 is 0 Å². The SMILES string of the molecule is CCN1CCN(Cc2ccc(Cc3ncc4scc(Br)c4n3)cc2)CC1. The van der Waals surface area contributed by atoms with Crippen molar-refractivity contribution < 1.29 is 0 Å². The van der Waals surface area contributed by atoms with Crippen LogP contribution in [-0.2, 0) is 13.0 Å². The summed E-state index contributed by atoms with van der Waals surface area (Å²) >= 11 is 5.23. The number of aromatic nitrogens is 2. The Morgan fingerprint density at radius 1 is 1.04 bits per heavy atom. The summed E-state index contributed by atoms with van der Waals surface area (Å²) in [7, 11) is 0. The Bertz CT molecular complexity index is 869. The van der Waals surface area contributed by atoms with Gasteiger partial charge in [0.15, 0.2) is 0 Å². The highest BCUT2D eigenvalue weighted by molar-refractivity contribution is 9.10. The van der Waals surface area contributed by atoms with Gasteiger partial charge in [-0.05, 0) is 33.6 Å². The van der Waals surface area contributed by atoms with E-state index in [9.17, 15) is 0 Å². The fraction of sp³-hybridized carbons (Fsp3) is 0.400. The van der Waals surface area contributed by atoms with Crippen molar-refractivity contribution in [3.63, 3.8) is 0 Å². The van der Waals surface area contributed by atoms with Gasteiger partial charge in [0.05, 0.1) is 14.7 Å². The Labute approximate surface area is 167 Å². The molecule has 0 atom stereocenters. The normalized spacial score (nSPS) is 16.4. The van der Waals surface area contributed by atoms with Crippen LogP contribution in [0.2, 0.25) is 0 Å². The van der Waals surface area contributed by atoms with E-state index in [1.165, 1.54) is 43.9 Å². The van der Waals surface area contributed by atoms with Crippen molar-refractivity contribution in [3.05, 3.63) is 57.3 Å². The summed E-state index contributed by atoms with van der Waals surface area (Å²) in [6, 6.07) is 8.93. The first kappa shape index (κ1) is 18.0. The van der Waals surface area contributed by atoms with Crippen LogP contribution in [0.15, 0.2) is 40.3 Å². The van der Waals surface area contributed by atoms with Gasteiger partial charge in [0.25, 0.3) is 0 Å². The van der Waals surface area contributed by atoms with Gasteiger partial charge in [0, 0.05) is 50.7 Å². The molecule has 136 valence electrons. The van der Waals surface area contributed by atoms with E-state index in [0.29, 0.717) is 0 Å². The molecule has 1 aliphatic heterocycles. The van der Waals surface area contributed by atoms with Crippen molar-refractivity contribution in [3.8, 4) is 0 Å². The number of rotatable bonds is 5. The van der Waals surface area contributed by atoms with Crippen LogP contribution in [-0.4, -0.2) is 52.5 Å². The average Bonchev–Trinajstić information content (AvgIpc) is 3.04. The van der Waals surface area contributed by atoms with Crippen LogP contribution < -0.4 is 0 Å². The summed E-state index contributed by atoms with van der Waals surface area (Å²) in [6.07, 6.45) is 2.70. The van der Waals surface area contributed by atoms with Gasteiger partial charge in [-0.3, -0.25) is 4.90 Å². The molecule has 0 amide bonds. The molecule has 4 rings (SSSR count). The average molecular weight is 431 g/mol. The van der Waals surface area contributed by atoms with Gasteiger partial charge in [-0.2, -0.15) is 0 Å². The molecule has 1 saturated heterocycles. The number of fused-ring (bicyclic) bond motifs is 1. The molecule has 1 aliphatic rings. The Morgan fingerprint density at radius 3 is 2.46 bits per heavy atom. The molecule has 3 heterocycles. The number of hydrogen-bond donors (Lipinski definition) is 0. The standard InChI is InChI=1S/C20H23BrN4S/c1-2-24-7-9-25(10-8-24)13-16-5-3-15(4-6-16)11-19-22-12-18-20(23-19)17(21)14-26-18/h3-6,12,14H,2,7-11,13H2,1H3. The molecule has 0 aliphatic carbocycles. The van der Waals surface area contributed by atoms with Crippen LogP contribution in [0.1, 0.15) is 23.9 Å². The Morgan fingerprint density at radius 2 is 1.73 bits per heavy atom.